The first kappa shape index (κ1) is 20.3. The Hall–Kier alpha value is -2.39. The van der Waals surface area contributed by atoms with Crippen LogP contribution in [0, 0.1) is 10.5 Å². The molecule has 0 saturated carbocycles. The number of halogens is 2. The molecule has 8 heteroatoms. The Labute approximate surface area is 180 Å². The van der Waals surface area contributed by atoms with Gasteiger partial charge in [-0.15, -0.1) is 0 Å². The fraction of sp³-hybridized carbons (Fsp3) is 0.150. The van der Waals surface area contributed by atoms with Gasteiger partial charge in [-0.25, -0.2) is 9.69 Å². The zero-order valence-electron chi connectivity index (χ0n) is 15.1. The molecule has 28 heavy (non-hydrogen) atoms. The minimum absolute atomic E-state index is 0.0327. The van der Waals surface area contributed by atoms with Gasteiger partial charge < -0.3 is 10.1 Å². The second kappa shape index (κ2) is 8.32. The smallest absolute Gasteiger partial charge is 0.340 e. The van der Waals surface area contributed by atoms with Crippen LogP contribution in [0.15, 0.2) is 53.2 Å². The summed E-state index contributed by atoms with van der Waals surface area (Å²) in [5.74, 6) is -1.96. The van der Waals surface area contributed by atoms with Gasteiger partial charge in [0, 0.05) is 9.26 Å². The highest BCUT2D eigenvalue weighted by Crippen LogP contribution is 2.33. The van der Waals surface area contributed by atoms with Crippen LogP contribution in [0.3, 0.4) is 0 Å². The molecule has 2 aromatic rings. The molecule has 0 fully saturated rings. The zero-order valence-corrected chi connectivity index (χ0v) is 18.0. The van der Waals surface area contributed by atoms with Gasteiger partial charge in [-0.1, -0.05) is 23.7 Å². The van der Waals surface area contributed by atoms with Gasteiger partial charge in [-0.05, 0) is 72.3 Å². The summed E-state index contributed by atoms with van der Waals surface area (Å²) in [5, 5.41) is 2.72. The Balaban J connectivity index is 1.97. The average Bonchev–Trinajstić information content (AvgIpc) is 2.87. The topological polar surface area (TPSA) is 75.7 Å². The highest BCUT2D eigenvalue weighted by atomic mass is 127. The number of para-hydroxylation sites is 1. The number of anilines is 2. The first-order chi connectivity index (χ1) is 13.3. The molecule has 0 spiro atoms. The third-order valence-electron chi connectivity index (χ3n) is 4.12. The molecule has 0 unspecified atom stereocenters. The second-order valence-electron chi connectivity index (χ2n) is 5.96. The van der Waals surface area contributed by atoms with E-state index in [1.807, 2.05) is 19.1 Å². The van der Waals surface area contributed by atoms with Gasteiger partial charge in [0.1, 0.15) is 10.7 Å². The largest absolute Gasteiger partial charge is 0.462 e. The molecule has 144 valence electrons. The van der Waals surface area contributed by atoms with Crippen LogP contribution in [-0.2, 0) is 14.3 Å². The SMILES string of the molecule is CCOC(=O)c1ccccc1N1C(=O)C(Cl)=C(Nc2ccc(I)cc2C)C1=O. The van der Waals surface area contributed by atoms with Crippen molar-refractivity contribution in [3.8, 4) is 0 Å². The molecule has 2 amide bonds. The lowest BCUT2D eigenvalue weighted by atomic mass is 10.1. The van der Waals surface area contributed by atoms with Crippen LogP contribution in [0.25, 0.3) is 0 Å². The number of esters is 1. The van der Waals surface area contributed by atoms with E-state index in [4.69, 9.17) is 16.3 Å². The normalized spacial score (nSPS) is 13.9. The van der Waals surface area contributed by atoms with Crippen molar-refractivity contribution < 1.29 is 19.1 Å². The number of hydrogen-bond donors (Lipinski definition) is 1. The first-order valence-electron chi connectivity index (χ1n) is 8.43. The predicted molar refractivity (Wildman–Crippen MR) is 115 cm³/mol. The highest BCUT2D eigenvalue weighted by Gasteiger charge is 2.40. The summed E-state index contributed by atoms with van der Waals surface area (Å²) >= 11 is 8.37. The number of amides is 2. The summed E-state index contributed by atoms with van der Waals surface area (Å²) in [6.45, 7) is 3.73. The number of ether oxygens (including phenoxy) is 1. The van der Waals surface area contributed by atoms with Crippen LogP contribution in [0.2, 0.25) is 0 Å². The predicted octanol–water partition coefficient (Wildman–Crippen LogP) is 4.21. The number of hydrogen-bond acceptors (Lipinski definition) is 5. The van der Waals surface area contributed by atoms with E-state index in [2.05, 4.69) is 27.9 Å². The lowest BCUT2D eigenvalue weighted by molar-refractivity contribution is -0.120. The van der Waals surface area contributed by atoms with Gasteiger partial charge in [0.25, 0.3) is 11.8 Å². The van der Waals surface area contributed by atoms with Crippen molar-refractivity contribution in [2.24, 2.45) is 0 Å². The maximum Gasteiger partial charge on any atom is 0.340 e. The fourth-order valence-electron chi connectivity index (χ4n) is 2.78. The summed E-state index contributed by atoms with van der Waals surface area (Å²) in [7, 11) is 0. The molecule has 1 aliphatic rings. The van der Waals surface area contributed by atoms with Crippen molar-refractivity contribution in [2.75, 3.05) is 16.8 Å². The van der Waals surface area contributed by atoms with Crippen molar-refractivity contribution in [1.29, 1.82) is 0 Å². The minimum atomic E-state index is -0.700. The van der Waals surface area contributed by atoms with Crippen LogP contribution in [-0.4, -0.2) is 24.4 Å². The summed E-state index contributed by atoms with van der Waals surface area (Å²) in [6, 6.07) is 11.9. The van der Waals surface area contributed by atoms with Crippen molar-refractivity contribution in [1.82, 2.24) is 0 Å². The van der Waals surface area contributed by atoms with E-state index in [1.54, 1.807) is 25.1 Å². The molecule has 1 heterocycles. The Kier molecular flexibility index (Phi) is 6.04. The Bertz CT molecular complexity index is 1020. The number of carbonyl (C=O) groups excluding carboxylic acids is 3. The average molecular weight is 511 g/mol. The Morgan fingerprint density at radius 2 is 1.89 bits per heavy atom. The zero-order chi connectivity index (χ0) is 20.4. The van der Waals surface area contributed by atoms with Crippen molar-refractivity contribution >= 4 is 63.4 Å². The quantitative estimate of drug-likeness (QED) is 0.371. The molecule has 0 aliphatic carbocycles. The van der Waals surface area contributed by atoms with Gasteiger partial charge in [-0.3, -0.25) is 9.59 Å². The Morgan fingerprint density at radius 1 is 1.18 bits per heavy atom. The molecule has 0 atom stereocenters. The highest BCUT2D eigenvalue weighted by molar-refractivity contribution is 14.1. The van der Waals surface area contributed by atoms with Gasteiger partial charge in [-0.2, -0.15) is 0 Å². The summed E-state index contributed by atoms with van der Waals surface area (Å²) in [4.78, 5) is 38.8. The molecule has 6 nitrogen and oxygen atoms in total. The monoisotopic (exact) mass is 510 g/mol. The maximum atomic E-state index is 13.0. The Morgan fingerprint density at radius 3 is 2.57 bits per heavy atom. The number of nitrogens with one attached hydrogen (secondary N) is 1. The van der Waals surface area contributed by atoms with E-state index >= 15 is 0 Å². The number of carbonyl (C=O) groups is 3. The fourth-order valence-corrected chi connectivity index (χ4v) is 3.64. The van der Waals surface area contributed by atoms with Crippen molar-refractivity contribution in [2.45, 2.75) is 13.8 Å². The van der Waals surface area contributed by atoms with Crippen molar-refractivity contribution in [3.05, 3.63) is 67.9 Å². The van der Waals surface area contributed by atoms with E-state index in [9.17, 15) is 14.4 Å². The van der Waals surface area contributed by atoms with Gasteiger partial charge in [0.2, 0.25) is 0 Å². The number of imide groups is 1. The lowest BCUT2D eigenvalue weighted by Gasteiger charge is -2.18. The second-order valence-corrected chi connectivity index (χ2v) is 7.58. The van der Waals surface area contributed by atoms with E-state index < -0.39 is 17.8 Å². The van der Waals surface area contributed by atoms with Gasteiger partial charge in [0.05, 0.1) is 17.9 Å². The lowest BCUT2D eigenvalue weighted by Crippen LogP contribution is -2.33. The van der Waals surface area contributed by atoms with Crippen LogP contribution in [0.5, 0.6) is 0 Å². The van der Waals surface area contributed by atoms with E-state index in [0.717, 1.165) is 14.0 Å². The van der Waals surface area contributed by atoms with Crippen LogP contribution >= 0.6 is 34.2 Å². The number of benzene rings is 2. The van der Waals surface area contributed by atoms with E-state index in [1.165, 1.54) is 12.1 Å². The summed E-state index contributed by atoms with van der Waals surface area (Å²) in [5.41, 5.74) is 1.77. The molecule has 2 aromatic carbocycles. The molecule has 0 saturated heterocycles. The van der Waals surface area contributed by atoms with Gasteiger partial charge >= 0.3 is 5.97 Å². The van der Waals surface area contributed by atoms with E-state index in [-0.39, 0.29) is 28.6 Å². The number of nitrogens with zero attached hydrogens (tertiary/aromatic N) is 1. The third-order valence-corrected chi connectivity index (χ3v) is 5.14. The minimum Gasteiger partial charge on any atom is -0.462 e. The molecule has 1 aliphatic heterocycles. The van der Waals surface area contributed by atoms with Crippen LogP contribution in [0.4, 0.5) is 11.4 Å². The van der Waals surface area contributed by atoms with Crippen molar-refractivity contribution in [3.63, 3.8) is 0 Å². The third kappa shape index (κ3) is 3.77. The molecule has 0 bridgehead atoms. The van der Waals surface area contributed by atoms with E-state index in [0.29, 0.717) is 5.69 Å². The summed E-state index contributed by atoms with van der Waals surface area (Å²) in [6.07, 6.45) is 0. The van der Waals surface area contributed by atoms with Gasteiger partial charge in [0.15, 0.2) is 0 Å². The van der Waals surface area contributed by atoms with Crippen LogP contribution < -0.4 is 10.2 Å². The maximum absolute atomic E-state index is 13.0. The molecule has 0 aromatic heterocycles. The molecular formula is C20H16ClIN2O4. The molecule has 3 rings (SSSR count). The number of rotatable bonds is 5. The molecular weight excluding hydrogens is 495 g/mol. The standard InChI is InChI=1S/C20H16ClIN2O4/c1-3-28-20(27)13-6-4-5-7-15(13)24-18(25)16(21)17(19(24)26)23-14-9-8-12(22)10-11(14)2/h4-10,23H,3H2,1-2H3. The summed E-state index contributed by atoms with van der Waals surface area (Å²) < 4.78 is 6.07. The molecule has 0 radical (unpaired) electrons. The van der Waals surface area contributed by atoms with Crippen LogP contribution in [0.1, 0.15) is 22.8 Å². The molecule has 1 N–H and O–H groups in total. The first-order valence-corrected chi connectivity index (χ1v) is 9.88. The number of aryl methyl sites for hydroxylation is 1.